The molecule has 2 unspecified atom stereocenters. The molecule has 2 heteroatoms. The minimum absolute atomic E-state index is 0.512. The summed E-state index contributed by atoms with van der Waals surface area (Å²) < 4.78 is 0. The summed E-state index contributed by atoms with van der Waals surface area (Å²) in [7, 11) is 0. The summed E-state index contributed by atoms with van der Waals surface area (Å²) in [6, 6.07) is 7.95. The van der Waals surface area contributed by atoms with Crippen molar-refractivity contribution in [1.29, 1.82) is 0 Å². The highest BCUT2D eigenvalue weighted by atomic mass is 16.3. The largest absolute Gasteiger partial charge is 0.391 e. The van der Waals surface area contributed by atoms with E-state index in [2.05, 4.69) is 0 Å². The summed E-state index contributed by atoms with van der Waals surface area (Å²) in [4.78, 5) is 0. The summed E-state index contributed by atoms with van der Waals surface area (Å²) in [5, 5.41) is 18.5. The van der Waals surface area contributed by atoms with E-state index in [1.165, 1.54) is 5.56 Å². The molecule has 72 valence electrons. The molecule has 2 nitrogen and oxygen atoms in total. The van der Waals surface area contributed by atoms with Crippen LogP contribution in [0.3, 0.4) is 0 Å². The maximum atomic E-state index is 9.40. The Morgan fingerprint density at radius 2 is 1.69 bits per heavy atom. The molecule has 1 aromatic carbocycles. The Hall–Kier alpha value is -0.860. The minimum atomic E-state index is -0.665. The standard InChI is InChI=1S/C11H16O2/c1-8-3-5-10(6-4-8)7-11(13)9(2)12/h3-6,9,11-13H,7H2,1-2H3. The number of aliphatic hydroxyl groups is 2. The molecule has 0 heterocycles. The summed E-state index contributed by atoms with van der Waals surface area (Å²) in [6.07, 6.45) is -0.818. The fourth-order valence-corrected chi connectivity index (χ4v) is 1.14. The number of rotatable bonds is 3. The molecule has 0 aliphatic carbocycles. The average Bonchev–Trinajstić information content (AvgIpc) is 2.08. The van der Waals surface area contributed by atoms with Gasteiger partial charge in [0.05, 0.1) is 12.2 Å². The molecule has 2 atom stereocenters. The normalized spacial score (nSPS) is 15.4. The first-order valence-corrected chi connectivity index (χ1v) is 4.51. The van der Waals surface area contributed by atoms with E-state index in [-0.39, 0.29) is 0 Å². The van der Waals surface area contributed by atoms with Crippen LogP contribution in [0.25, 0.3) is 0 Å². The summed E-state index contributed by atoms with van der Waals surface area (Å²) in [5.41, 5.74) is 2.26. The molecule has 0 aromatic heterocycles. The zero-order valence-corrected chi connectivity index (χ0v) is 8.07. The molecule has 0 aliphatic heterocycles. The lowest BCUT2D eigenvalue weighted by molar-refractivity contribution is 0.0319. The highest BCUT2D eigenvalue weighted by molar-refractivity contribution is 5.21. The van der Waals surface area contributed by atoms with Crippen LogP contribution >= 0.6 is 0 Å². The topological polar surface area (TPSA) is 40.5 Å². The highest BCUT2D eigenvalue weighted by Crippen LogP contribution is 2.07. The van der Waals surface area contributed by atoms with Crippen molar-refractivity contribution in [3.8, 4) is 0 Å². The van der Waals surface area contributed by atoms with E-state index in [4.69, 9.17) is 5.11 Å². The number of hydrogen-bond acceptors (Lipinski definition) is 2. The van der Waals surface area contributed by atoms with Crippen molar-refractivity contribution in [2.24, 2.45) is 0 Å². The molecule has 13 heavy (non-hydrogen) atoms. The maximum absolute atomic E-state index is 9.40. The van der Waals surface area contributed by atoms with Gasteiger partial charge in [-0.2, -0.15) is 0 Å². The van der Waals surface area contributed by atoms with Crippen LogP contribution < -0.4 is 0 Å². The quantitative estimate of drug-likeness (QED) is 0.735. The van der Waals surface area contributed by atoms with E-state index in [0.29, 0.717) is 6.42 Å². The zero-order valence-electron chi connectivity index (χ0n) is 8.07. The second-order valence-electron chi connectivity index (χ2n) is 3.50. The molecule has 0 fully saturated rings. The highest BCUT2D eigenvalue weighted by Gasteiger charge is 2.10. The minimum Gasteiger partial charge on any atom is -0.391 e. The van der Waals surface area contributed by atoms with E-state index in [9.17, 15) is 5.11 Å². The fraction of sp³-hybridized carbons (Fsp3) is 0.455. The molecule has 0 bridgehead atoms. The van der Waals surface area contributed by atoms with Crippen LogP contribution in [-0.4, -0.2) is 22.4 Å². The van der Waals surface area contributed by atoms with Crippen LogP contribution in [0.1, 0.15) is 18.1 Å². The zero-order chi connectivity index (χ0) is 9.84. The molecule has 2 N–H and O–H groups in total. The Bertz CT molecular complexity index is 251. The van der Waals surface area contributed by atoms with E-state index < -0.39 is 12.2 Å². The number of hydrogen-bond donors (Lipinski definition) is 2. The number of aryl methyl sites for hydroxylation is 1. The Morgan fingerprint density at radius 3 is 2.15 bits per heavy atom. The van der Waals surface area contributed by atoms with E-state index in [1.54, 1.807) is 6.92 Å². The average molecular weight is 180 g/mol. The Labute approximate surface area is 78.8 Å². The molecular formula is C11H16O2. The summed E-state index contributed by atoms with van der Waals surface area (Å²) in [5.74, 6) is 0. The second-order valence-corrected chi connectivity index (χ2v) is 3.50. The summed E-state index contributed by atoms with van der Waals surface area (Å²) >= 11 is 0. The SMILES string of the molecule is Cc1ccc(CC(O)C(C)O)cc1. The fourth-order valence-electron chi connectivity index (χ4n) is 1.14. The van der Waals surface area contributed by atoms with Gasteiger partial charge < -0.3 is 10.2 Å². The van der Waals surface area contributed by atoms with Crippen molar-refractivity contribution >= 4 is 0 Å². The first-order chi connectivity index (χ1) is 6.09. The van der Waals surface area contributed by atoms with Crippen molar-refractivity contribution in [2.45, 2.75) is 32.5 Å². The molecule has 0 aliphatic rings. The van der Waals surface area contributed by atoms with Crippen LogP contribution in [0.5, 0.6) is 0 Å². The molecule has 0 saturated heterocycles. The van der Waals surface area contributed by atoms with E-state index in [1.807, 2.05) is 31.2 Å². The van der Waals surface area contributed by atoms with Gasteiger partial charge in [0, 0.05) is 6.42 Å². The van der Waals surface area contributed by atoms with Crippen molar-refractivity contribution in [1.82, 2.24) is 0 Å². The Morgan fingerprint density at radius 1 is 1.15 bits per heavy atom. The third kappa shape index (κ3) is 3.17. The third-order valence-corrected chi connectivity index (χ3v) is 2.12. The van der Waals surface area contributed by atoms with Crippen molar-refractivity contribution < 1.29 is 10.2 Å². The van der Waals surface area contributed by atoms with Gasteiger partial charge in [0.25, 0.3) is 0 Å². The van der Waals surface area contributed by atoms with E-state index in [0.717, 1.165) is 5.56 Å². The molecule has 1 rings (SSSR count). The molecule has 0 spiro atoms. The Balaban J connectivity index is 2.59. The van der Waals surface area contributed by atoms with Crippen molar-refractivity contribution in [3.63, 3.8) is 0 Å². The molecule has 0 saturated carbocycles. The van der Waals surface area contributed by atoms with Crippen LogP contribution in [0.4, 0.5) is 0 Å². The van der Waals surface area contributed by atoms with Gasteiger partial charge in [0.15, 0.2) is 0 Å². The second kappa shape index (κ2) is 4.40. The Kier molecular flexibility index (Phi) is 3.46. The lowest BCUT2D eigenvalue weighted by Crippen LogP contribution is -2.24. The van der Waals surface area contributed by atoms with Crippen molar-refractivity contribution in [3.05, 3.63) is 35.4 Å². The van der Waals surface area contributed by atoms with Crippen LogP contribution in [0, 0.1) is 6.92 Å². The van der Waals surface area contributed by atoms with Gasteiger partial charge in [-0.1, -0.05) is 29.8 Å². The van der Waals surface area contributed by atoms with Gasteiger partial charge in [-0.25, -0.2) is 0 Å². The van der Waals surface area contributed by atoms with Crippen molar-refractivity contribution in [2.75, 3.05) is 0 Å². The molecule has 0 amide bonds. The lowest BCUT2D eigenvalue weighted by Gasteiger charge is -2.13. The first-order valence-electron chi connectivity index (χ1n) is 4.51. The van der Waals surface area contributed by atoms with Gasteiger partial charge in [-0.15, -0.1) is 0 Å². The van der Waals surface area contributed by atoms with Gasteiger partial charge in [-0.3, -0.25) is 0 Å². The number of aliphatic hydroxyl groups excluding tert-OH is 2. The number of benzene rings is 1. The summed E-state index contributed by atoms with van der Waals surface area (Å²) in [6.45, 7) is 3.62. The smallest absolute Gasteiger partial charge is 0.0836 e. The first kappa shape index (κ1) is 10.2. The maximum Gasteiger partial charge on any atom is 0.0836 e. The van der Waals surface area contributed by atoms with Crippen LogP contribution in [0.15, 0.2) is 24.3 Å². The van der Waals surface area contributed by atoms with Crippen LogP contribution in [0.2, 0.25) is 0 Å². The van der Waals surface area contributed by atoms with Gasteiger partial charge in [0.2, 0.25) is 0 Å². The predicted octanol–water partition coefficient (Wildman–Crippen LogP) is 1.28. The lowest BCUT2D eigenvalue weighted by atomic mass is 10.0. The van der Waals surface area contributed by atoms with E-state index >= 15 is 0 Å². The third-order valence-electron chi connectivity index (χ3n) is 2.12. The van der Waals surface area contributed by atoms with Gasteiger partial charge >= 0.3 is 0 Å². The molecule has 0 radical (unpaired) electrons. The molecular weight excluding hydrogens is 164 g/mol. The van der Waals surface area contributed by atoms with Gasteiger partial charge in [-0.05, 0) is 19.4 Å². The van der Waals surface area contributed by atoms with Gasteiger partial charge in [0.1, 0.15) is 0 Å². The predicted molar refractivity (Wildman–Crippen MR) is 52.6 cm³/mol. The monoisotopic (exact) mass is 180 g/mol. The van der Waals surface area contributed by atoms with Crippen LogP contribution in [-0.2, 0) is 6.42 Å². The molecule has 1 aromatic rings.